The molecular weight excluding hydrogens is 282 g/mol. The number of hydrogen-bond acceptors (Lipinski definition) is 7. The number of ether oxygens (including phenoxy) is 1. The van der Waals surface area contributed by atoms with Crippen LogP contribution in [0.5, 0.6) is 0 Å². The van der Waals surface area contributed by atoms with Crippen LogP contribution in [0.1, 0.15) is 22.8 Å². The number of carbonyl (C=O) groups is 1. The van der Waals surface area contributed by atoms with Gasteiger partial charge in [-0.1, -0.05) is 0 Å². The van der Waals surface area contributed by atoms with Gasteiger partial charge in [0.25, 0.3) is 0 Å². The first kappa shape index (κ1) is 13.8. The highest BCUT2D eigenvalue weighted by molar-refractivity contribution is 7.11. The number of aromatic nitrogens is 1. The van der Waals surface area contributed by atoms with Crippen molar-refractivity contribution in [2.45, 2.75) is 13.3 Å². The van der Waals surface area contributed by atoms with E-state index in [1.165, 1.54) is 17.1 Å². The second-order valence-electron chi connectivity index (χ2n) is 3.80. The maximum absolute atomic E-state index is 11.8. The number of thiophene rings is 1. The van der Waals surface area contributed by atoms with Crippen LogP contribution in [0, 0.1) is 0 Å². The van der Waals surface area contributed by atoms with Crippen molar-refractivity contribution in [2.24, 2.45) is 0 Å². The van der Waals surface area contributed by atoms with Gasteiger partial charge in [-0.05, 0) is 47.3 Å². The minimum absolute atomic E-state index is 0.224. The number of nitrogens with zero attached hydrogens (tertiary/aromatic N) is 1. The molecule has 2 rings (SSSR count). The van der Waals surface area contributed by atoms with Crippen LogP contribution >= 0.6 is 22.9 Å². The number of rotatable bonds is 6. The molecule has 2 aromatic rings. The summed E-state index contributed by atoms with van der Waals surface area (Å²) in [4.78, 5) is 11.8. The number of anilines is 2. The lowest BCUT2D eigenvalue weighted by atomic mass is 10.2. The van der Waals surface area contributed by atoms with E-state index in [0.717, 1.165) is 13.0 Å². The van der Waals surface area contributed by atoms with Crippen molar-refractivity contribution in [3.8, 4) is 0 Å². The van der Waals surface area contributed by atoms with Crippen LogP contribution in [0.4, 0.5) is 10.8 Å². The van der Waals surface area contributed by atoms with Gasteiger partial charge in [0, 0.05) is 6.54 Å². The highest BCUT2D eigenvalue weighted by Crippen LogP contribution is 2.27. The maximum atomic E-state index is 11.8. The van der Waals surface area contributed by atoms with E-state index < -0.39 is 5.97 Å². The summed E-state index contributed by atoms with van der Waals surface area (Å²) in [6.07, 6.45) is 0.892. The van der Waals surface area contributed by atoms with Crippen LogP contribution in [-0.4, -0.2) is 23.5 Å². The summed E-state index contributed by atoms with van der Waals surface area (Å²) >= 11 is 2.86. The minimum atomic E-state index is -0.424. The fraction of sp³-hybridized carbons (Fsp3) is 0.333. The third-order valence-corrected chi connectivity index (χ3v) is 4.03. The van der Waals surface area contributed by atoms with Crippen LogP contribution in [0.15, 0.2) is 16.8 Å². The Morgan fingerprint density at radius 3 is 3.11 bits per heavy atom. The van der Waals surface area contributed by atoms with Crippen LogP contribution in [0.3, 0.4) is 0 Å². The summed E-state index contributed by atoms with van der Waals surface area (Å²) in [5.41, 5.74) is 7.31. The Labute approximate surface area is 119 Å². The summed E-state index contributed by atoms with van der Waals surface area (Å²) in [6, 6.07) is 2.08. The molecule has 0 saturated heterocycles. The Kier molecular flexibility index (Phi) is 4.75. The normalized spacial score (nSPS) is 10.4. The van der Waals surface area contributed by atoms with Crippen molar-refractivity contribution < 1.29 is 9.53 Å². The maximum Gasteiger partial charge on any atom is 0.344 e. The molecule has 0 atom stereocenters. The van der Waals surface area contributed by atoms with E-state index in [9.17, 15) is 4.79 Å². The SMILES string of the molecule is CCOC(=O)c1c(N)nsc1NCCc1ccsc1. The van der Waals surface area contributed by atoms with Crippen LogP contribution in [0.25, 0.3) is 0 Å². The fourth-order valence-corrected chi connectivity index (χ4v) is 3.01. The molecule has 0 unspecified atom stereocenters. The van der Waals surface area contributed by atoms with Crippen molar-refractivity contribution in [3.63, 3.8) is 0 Å². The van der Waals surface area contributed by atoms with Crippen molar-refractivity contribution >= 4 is 39.7 Å². The molecule has 3 N–H and O–H groups in total. The average molecular weight is 297 g/mol. The molecule has 0 saturated carbocycles. The van der Waals surface area contributed by atoms with Crippen molar-refractivity contribution in [1.82, 2.24) is 4.37 Å². The van der Waals surface area contributed by atoms with E-state index in [0.29, 0.717) is 17.2 Å². The molecule has 0 bridgehead atoms. The molecule has 7 heteroatoms. The molecule has 0 aliphatic rings. The Morgan fingerprint density at radius 2 is 2.42 bits per heavy atom. The third kappa shape index (κ3) is 3.45. The number of hydrogen-bond donors (Lipinski definition) is 2. The molecule has 2 aromatic heterocycles. The van der Waals surface area contributed by atoms with E-state index in [4.69, 9.17) is 10.5 Å². The van der Waals surface area contributed by atoms with Gasteiger partial charge < -0.3 is 15.8 Å². The van der Waals surface area contributed by atoms with Gasteiger partial charge in [-0.15, -0.1) is 0 Å². The van der Waals surface area contributed by atoms with Gasteiger partial charge in [0.2, 0.25) is 0 Å². The molecular formula is C12H15N3O2S2. The largest absolute Gasteiger partial charge is 0.462 e. The van der Waals surface area contributed by atoms with Gasteiger partial charge in [-0.25, -0.2) is 4.79 Å². The molecule has 0 fully saturated rings. The summed E-state index contributed by atoms with van der Waals surface area (Å²) in [7, 11) is 0. The molecule has 102 valence electrons. The Bertz CT molecular complexity index is 537. The first-order valence-corrected chi connectivity index (χ1v) is 7.61. The second kappa shape index (κ2) is 6.53. The lowest BCUT2D eigenvalue weighted by Crippen LogP contribution is -2.11. The molecule has 0 spiro atoms. The zero-order chi connectivity index (χ0) is 13.7. The second-order valence-corrected chi connectivity index (χ2v) is 5.35. The Balaban J connectivity index is 1.98. The van der Waals surface area contributed by atoms with Gasteiger partial charge >= 0.3 is 5.97 Å². The predicted molar refractivity (Wildman–Crippen MR) is 79.0 cm³/mol. The van der Waals surface area contributed by atoms with Gasteiger partial charge in [0.15, 0.2) is 5.82 Å². The predicted octanol–water partition coefficient (Wildman–Crippen LogP) is 2.62. The summed E-state index contributed by atoms with van der Waals surface area (Å²) in [5.74, 6) is -0.201. The molecule has 0 aliphatic heterocycles. The van der Waals surface area contributed by atoms with E-state index >= 15 is 0 Å². The van der Waals surface area contributed by atoms with E-state index in [2.05, 4.69) is 21.1 Å². The highest BCUT2D eigenvalue weighted by Gasteiger charge is 2.20. The van der Waals surface area contributed by atoms with Gasteiger partial charge in [-0.3, -0.25) is 0 Å². The smallest absolute Gasteiger partial charge is 0.344 e. The van der Waals surface area contributed by atoms with Gasteiger partial charge in [0.05, 0.1) is 6.61 Å². The molecule has 0 amide bonds. The quantitative estimate of drug-likeness (QED) is 0.801. The summed E-state index contributed by atoms with van der Waals surface area (Å²) in [6.45, 7) is 2.81. The lowest BCUT2D eigenvalue weighted by Gasteiger charge is -2.06. The molecule has 0 radical (unpaired) electrons. The van der Waals surface area contributed by atoms with Crippen LogP contribution in [-0.2, 0) is 11.2 Å². The van der Waals surface area contributed by atoms with Crippen molar-refractivity contribution in [2.75, 3.05) is 24.2 Å². The molecule has 5 nitrogen and oxygen atoms in total. The highest BCUT2D eigenvalue weighted by atomic mass is 32.1. The summed E-state index contributed by atoms with van der Waals surface area (Å²) in [5, 5.41) is 8.02. The van der Waals surface area contributed by atoms with E-state index in [1.54, 1.807) is 18.3 Å². The van der Waals surface area contributed by atoms with E-state index in [1.807, 2.05) is 5.38 Å². The Hall–Kier alpha value is -1.60. The van der Waals surface area contributed by atoms with Gasteiger partial charge in [0.1, 0.15) is 10.6 Å². The average Bonchev–Trinajstić information content (AvgIpc) is 3.00. The topological polar surface area (TPSA) is 77.2 Å². The number of carbonyl (C=O) groups excluding carboxylic acids is 1. The van der Waals surface area contributed by atoms with Crippen molar-refractivity contribution in [3.05, 3.63) is 28.0 Å². The monoisotopic (exact) mass is 297 g/mol. The Morgan fingerprint density at radius 1 is 1.58 bits per heavy atom. The molecule has 0 aromatic carbocycles. The van der Waals surface area contributed by atoms with Gasteiger partial charge in [-0.2, -0.15) is 15.7 Å². The van der Waals surface area contributed by atoms with E-state index in [-0.39, 0.29) is 5.82 Å². The summed E-state index contributed by atoms with van der Waals surface area (Å²) < 4.78 is 8.96. The standard InChI is InChI=1S/C12H15N3O2S2/c1-2-17-12(16)9-10(13)15-19-11(9)14-5-3-8-4-6-18-7-8/h4,6-7,14H,2-3,5H2,1H3,(H2,13,15). The molecule has 2 heterocycles. The van der Waals surface area contributed by atoms with Crippen LogP contribution < -0.4 is 11.1 Å². The minimum Gasteiger partial charge on any atom is -0.462 e. The lowest BCUT2D eigenvalue weighted by molar-refractivity contribution is 0.0529. The first-order chi connectivity index (χ1) is 9.22. The number of nitrogens with one attached hydrogen (secondary N) is 1. The number of esters is 1. The van der Waals surface area contributed by atoms with Crippen LogP contribution in [0.2, 0.25) is 0 Å². The van der Waals surface area contributed by atoms with Crippen molar-refractivity contribution in [1.29, 1.82) is 0 Å². The zero-order valence-corrected chi connectivity index (χ0v) is 12.1. The zero-order valence-electron chi connectivity index (χ0n) is 10.5. The number of nitrogens with two attached hydrogens (primary N) is 1. The molecule has 0 aliphatic carbocycles. The number of nitrogen functional groups attached to an aromatic ring is 1. The first-order valence-electron chi connectivity index (χ1n) is 5.89. The molecule has 19 heavy (non-hydrogen) atoms. The fourth-order valence-electron chi connectivity index (χ4n) is 1.58. The third-order valence-electron chi connectivity index (χ3n) is 2.48.